The zero-order valence-corrected chi connectivity index (χ0v) is 19.5. The number of hydrogen-bond donors (Lipinski definition) is 1. The second-order valence-corrected chi connectivity index (χ2v) is 9.91. The topological polar surface area (TPSA) is 41.6 Å². The van der Waals surface area contributed by atoms with Gasteiger partial charge in [0.1, 0.15) is 0 Å². The number of nitrogens with zero attached hydrogens (tertiary/aromatic N) is 1. The fourth-order valence-electron chi connectivity index (χ4n) is 5.72. The highest BCUT2D eigenvalue weighted by Crippen LogP contribution is 2.52. The van der Waals surface area contributed by atoms with E-state index in [1.54, 1.807) is 18.4 Å². The third-order valence-corrected chi connectivity index (χ3v) is 7.92. The van der Waals surface area contributed by atoms with Crippen molar-refractivity contribution in [2.45, 2.75) is 43.9 Å². The summed E-state index contributed by atoms with van der Waals surface area (Å²) in [4.78, 5) is 15.5. The number of benzene rings is 2. The molecule has 1 fully saturated rings. The highest BCUT2D eigenvalue weighted by atomic mass is 32.1. The summed E-state index contributed by atoms with van der Waals surface area (Å²) in [6, 6.07) is 19.1. The first-order valence-electron chi connectivity index (χ1n) is 11.3. The Morgan fingerprint density at radius 3 is 2.69 bits per heavy atom. The van der Waals surface area contributed by atoms with Crippen LogP contribution in [0, 0.1) is 6.92 Å². The van der Waals surface area contributed by atoms with Crippen LogP contribution in [-0.2, 0) is 16.7 Å². The molecular formula is C27H30N2O2S. The molecule has 1 amide bonds. The molecule has 0 unspecified atom stereocenters. The van der Waals surface area contributed by atoms with Crippen molar-refractivity contribution in [1.29, 1.82) is 0 Å². The number of nitrogens with one attached hydrogen (secondary N) is 1. The molecule has 1 aromatic heterocycles. The molecule has 5 rings (SSSR count). The molecule has 0 bridgehead atoms. The van der Waals surface area contributed by atoms with Gasteiger partial charge in [-0.3, -0.25) is 9.69 Å². The van der Waals surface area contributed by atoms with Crippen LogP contribution in [0.5, 0.6) is 0 Å². The van der Waals surface area contributed by atoms with Gasteiger partial charge in [-0.1, -0.05) is 54.1 Å². The number of ether oxygens (including phenoxy) is 1. The molecule has 1 spiro atoms. The van der Waals surface area contributed by atoms with E-state index in [1.165, 1.54) is 22.3 Å². The van der Waals surface area contributed by atoms with Crippen LogP contribution in [0.1, 0.15) is 51.5 Å². The van der Waals surface area contributed by atoms with Gasteiger partial charge in [-0.25, -0.2) is 0 Å². The van der Waals surface area contributed by atoms with E-state index < -0.39 is 0 Å². The fourth-order valence-corrected chi connectivity index (χ4v) is 6.36. The first kappa shape index (κ1) is 21.4. The molecule has 4 nitrogen and oxygen atoms in total. The van der Waals surface area contributed by atoms with E-state index >= 15 is 0 Å². The Labute approximate surface area is 194 Å². The maximum absolute atomic E-state index is 12.9. The van der Waals surface area contributed by atoms with Gasteiger partial charge in [0.05, 0.1) is 17.7 Å². The Bertz CT molecular complexity index is 1090. The van der Waals surface area contributed by atoms with Crippen LogP contribution in [0.25, 0.3) is 0 Å². The average Bonchev–Trinajstić information content (AvgIpc) is 3.42. The van der Waals surface area contributed by atoms with Crippen molar-refractivity contribution < 1.29 is 9.53 Å². The van der Waals surface area contributed by atoms with E-state index in [9.17, 15) is 4.79 Å². The molecule has 2 aromatic carbocycles. The monoisotopic (exact) mass is 446 g/mol. The van der Waals surface area contributed by atoms with Gasteiger partial charge in [0.15, 0.2) is 0 Å². The zero-order valence-electron chi connectivity index (χ0n) is 18.7. The Kier molecular flexibility index (Phi) is 5.89. The molecule has 166 valence electrons. The minimum atomic E-state index is -0.132. The van der Waals surface area contributed by atoms with Gasteiger partial charge in [-0.2, -0.15) is 11.3 Å². The molecular weight excluding hydrogens is 416 g/mol. The molecule has 0 radical (unpaired) electrons. The summed E-state index contributed by atoms with van der Waals surface area (Å²) in [7, 11) is 1.79. The fraction of sp³-hybridized carbons (Fsp3) is 0.370. The maximum Gasteiger partial charge on any atom is 0.252 e. The van der Waals surface area contributed by atoms with Crippen molar-refractivity contribution in [3.8, 4) is 0 Å². The number of carbonyl (C=O) groups excluding carboxylic acids is 1. The SMILES string of the molecule is CO[C@H]1[C@H](NC(=O)c2ccsc2)c2ccccc2C12CCN(Cc1cccc(C)c1)CC2. The minimum absolute atomic E-state index is 0.0259. The highest BCUT2D eigenvalue weighted by molar-refractivity contribution is 7.08. The highest BCUT2D eigenvalue weighted by Gasteiger charge is 2.53. The van der Waals surface area contributed by atoms with Crippen molar-refractivity contribution in [1.82, 2.24) is 10.2 Å². The van der Waals surface area contributed by atoms with Gasteiger partial charge in [-0.15, -0.1) is 0 Å². The number of rotatable bonds is 5. The van der Waals surface area contributed by atoms with E-state index in [2.05, 4.69) is 65.7 Å². The summed E-state index contributed by atoms with van der Waals surface area (Å²) < 4.78 is 6.16. The van der Waals surface area contributed by atoms with E-state index in [0.29, 0.717) is 0 Å². The van der Waals surface area contributed by atoms with Crippen LogP contribution in [0.15, 0.2) is 65.4 Å². The predicted molar refractivity (Wildman–Crippen MR) is 129 cm³/mol. The summed E-state index contributed by atoms with van der Waals surface area (Å²) in [5, 5.41) is 7.14. The number of piperidine rings is 1. The van der Waals surface area contributed by atoms with Gasteiger partial charge in [0.2, 0.25) is 0 Å². The number of methoxy groups -OCH3 is 1. The summed E-state index contributed by atoms with van der Waals surface area (Å²) in [6.45, 7) is 5.17. The van der Waals surface area contributed by atoms with Crippen molar-refractivity contribution >= 4 is 17.2 Å². The van der Waals surface area contributed by atoms with Gasteiger partial charge < -0.3 is 10.1 Å². The number of thiophene rings is 1. The molecule has 2 aliphatic rings. The predicted octanol–water partition coefficient (Wildman–Crippen LogP) is 5.09. The Morgan fingerprint density at radius 2 is 1.97 bits per heavy atom. The van der Waals surface area contributed by atoms with E-state index in [4.69, 9.17) is 4.74 Å². The third kappa shape index (κ3) is 3.79. The normalized spacial score (nSPS) is 22.1. The van der Waals surface area contributed by atoms with Gasteiger partial charge in [-0.05, 0) is 61.0 Å². The maximum atomic E-state index is 12.9. The van der Waals surface area contributed by atoms with Crippen LogP contribution in [0.4, 0.5) is 0 Å². The smallest absolute Gasteiger partial charge is 0.252 e. The van der Waals surface area contributed by atoms with Crippen LogP contribution < -0.4 is 5.32 Å². The molecule has 1 saturated heterocycles. The van der Waals surface area contributed by atoms with Gasteiger partial charge >= 0.3 is 0 Å². The van der Waals surface area contributed by atoms with Crippen molar-refractivity contribution in [3.63, 3.8) is 0 Å². The van der Waals surface area contributed by atoms with Crippen LogP contribution >= 0.6 is 11.3 Å². The number of aryl methyl sites for hydroxylation is 1. The minimum Gasteiger partial charge on any atom is -0.378 e. The second-order valence-electron chi connectivity index (χ2n) is 9.13. The Morgan fingerprint density at radius 1 is 1.16 bits per heavy atom. The lowest BCUT2D eigenvalue weighted by Crippen LogP contribution is -2.50. The van der Waals surface area contributed by atoms with Crippen LogP contribution in [-0.4, -0.2) is 37.1 Å². The molecule has 1 N–H and O–H groups in total. The molecule has 2 atom stereocenters. The first-order valence-corrected chi connectivity index (χ1v) is 12.3. The lowest BCUT2D eigenvalue weighted by atomic mass is 9.71. The summed E-state index contributed by atoms with van der Waals surface area (Å²) in [5.41, 5.74) is 5.88. The van der Waals surface area contributed by atoms with E-state index in [1.807, 2.05) is 16.8 Å². The lowest BCUT2D eigenvalue weighted by molar-refractivity contribution is -0.0122. The standard InChI is InChI=1S/C27H30N2O2S/c1-19-6-5-7-20(16-19)17-29-13-11-27(12-14-29)23-9-4-3-8-22(23)24(25(27)31-2)28-26(30)21-10-15-32-18-21/h3-10,15-16,18,24-25H,11-14,17H2,1-2H3,(H,28,30)/t24-,25+/m1/s1. The summed E-state index contributed by atoms with van der Waals surface area (Å²) in [6.07, 6.45) is 1.99. The molecule has 0 saturated carbocycles. The number of carbonyl (C=O) groups is 1. The first-order chi connectivity index (χ1) is 15.6. The van der Waals surface area contributed by atoms with Crippen LogP contribution in [0.3, 0.4) is 0 Å². The number of fused-ring (bicyclic) bond motifs is 2. The lowest BCUT2D eigenvalue weighted by Gasteiger charge is -2.44. The van der Waals surface area contributed by atoms with Crippen molar-refractivity contribution in [3.05, 3.63) is 93.2 Å². The molecule has 32 heavy (non-hydrogen) atoms. The molecule has 2 heterocycles. The molecule has 5 heteroatoms. The summed E-state index contributed by atoms with van der Waals surface area (Å²) in [5.74, 6) is -0.0259. The number of amides is 1. The summed E-state index contributed by atoms with van der Waals surface area (Å²) >= 11 is 1.54. The number of likely N-dealkylation sites (tertiary alicyclic amines) is 1. The number of hydrogen-bond acceptors (Lipinski definition) is 4. The Hall–Kier alpha value is -2.47. The largest absolute Gasteiger partial charge is 0.378 e. The average molecular weight is 447 g/mol. The molecule has 3 aromatic rings. The Balaban J connectivity index is 1.38. The second kappa shape index (κ2) is 8.81. The van der Waals surface area contributed by atoms with E-state index in [0.717, 1.165) is 38.0 Å². The van der Waals surface area contributed by atoms with E-state index in [-0.39, 0.29) is 23.5 Å². The molecule has 1 aliphatic heterocycles. The zero-order chi connectivity index (χ0) is 22.1. The van der Waals surface area contributed by atoms with Gasteiger partial charge in [0, 0.05) is 24.4 Å². The van der Waals surface area contributed by atoms with Crippen molar-refractivity contribution in [2.75, 3.05) is 20.2 Å². The quantitative estimate of drug-likeness (QED) is 0.594. The third-order valence-electron chi connectivity index (χ3n) is 7.24. The molecule has 1 aliphatic carbocycles. The van der Waals surface area contributed by atoms with Gasteiger partial charge in [0.25, 0.3) is 5.91 Å². The van der Waals surface area contributed by atoms with Crippen LogP contribution in [0.2, 0.25) is 0 Å². The van der Waals surface area contributed by atoms with Crippen molar-refractivity contribution in [2.24, 2.45) is 0 Å².